The topological polar surface area (TPSA) is 132 Å². The number of aromatic nitrogens is 2. The fourth-order valence-corrected chi connectivity index (χ4v) is 3.64. The maximum Gasteiger partial charge on any atom is 0.333 e. The number of ether oxygens (including phenoxy) is 1. The summed E-state index contributed by atoms with van der Waals surface area (Å²) in [7, 11) is 2.56. The van der Waals surface area contributed by atoms with Crippen LogP contribution < -0.4 is 27.0 Å². The van der Waals surface area contributed by atoms with Gasteiger partial charge in [0, 0.05) is 25.3 Å². The Labute approximate surface area is 150 Å². The van der Waals surface area contributed by atoms with Crippen LogP contribution in [0, 0.1) is 17.1 Å². The van der Waals surface area contributed by atoms with Crippen LogP contribution in [0.15, 0.2) is 39.2 Å². The normalized spacial score (nSPS) is 20.0. The molecule has 0 fully saturated rings. The highest BCUT2D eigenvalue weighted by Gasteiger charge is 2.59. The van der Waals surface area contributed by atoms with Crippen molar-refractivity contribution in [2.75, 3.05) is 5.32 Å². The molecule has 4 rings (SSSR count). The molecule has 2 aliphatic rings. The zero-order chi connectivity index (χ0) is 19.7. The van der Waals surface area contributed by atoms with Crippen molar-refractivity contribution in [3.8, 4) is 11.9 Å². The van der Waals surface area contributed by atoms with E-state index >= 15 is 0 Å². The van der Waals surface area contributed by atoms with Gasteiger partial charge in [0.05, 0.1) is 0 Å². The minimum Gasteiger partial charge on any atom is -0.423 e. The van der Waals surface area contributed by atoms with Crippen LogP contribution in [0.5, 0.6) is 5.88 Å². The summed E-state index contributed by atoms with van der Waals surface area (Å²) in [6.45, 7) is 0. The molecular formula is C17H12FN5O4. The SMILES string of the molecule is Cn1c2c(c(=O)n(C)c1=O)[C@]1(C(=O)Nc3ccc(F)cc31)C(C#N)=C(N)O2. The van der Waals surface area contributed by atoms with E-state index in [4.69, 9.17) is 10.5 Å². The minimum atomic E-state index is -2.02. The Hall–Kier alpha value is -3.87. The van der Waals surface area contributed by atoms with Crippen molar-refractivity contribution in [1.82, 2.24) is 9.13 Å². The summed E-state index contributed by atoms with van der Waals surface area (Å²) in [6, 6.07) is 5.32. The van der Waals surface area contributed by atoms with Gasteiger partial charge in [-0.05, 0) is 18.2 Å². The Morgan fingerprint density at radius 1 is 1.26 bits per heavy atom. The van der Waals surface area contributed by atoms with Gasteiger partial charge in [0.15, 0.2) is 5.41 Å². The number of nitriles is 1. The lowest BCUT2D eigenvalue weighted by molar-refractivity contribution is -0.118. The number of fused-ring (bicyclic) bond motifs is 4. The highest BCUT2D eigenvalue weighted by atomic mass is 19.1. The summed E-state index contributed by atoms with van der Waals surface area (Å²) in [5.41, 5.74) is 1.93. The first-order valence-corrected chi connectivity index (χ1v) is 7.75. The zero-order valence-corrected chi connectivity index (χ0v) is 14.2. The Morgan fingerprint density at radius 2 is 1.96 bits per heavy atom. The molecule has 9 nitrogen and oxygen atoms in total. The van der Waals surface area contributed by atoms with Crippen molar-refractivity contribution < 1.29 is 13.9 Å². The number of amides is 1. The van der Waals surface area contributed by atoms with Crippen molar-refractivity contribution in [3.05, 3.63) is 67.4 Å². The summed E-state index contributed by atoms with van der Waals surface area (Å²) in [5.74, 6) is -2.15. The molecule has 27 heavy (non-hydrogen) atoms. The van der Waals surface area contributed by atoms with Gasteiger partial charge in [-0.15, -0.1) is 0 Å². The molecule has 0 radical (unpaired) electrons. The fraction of sp³-hybridized carbons (Fsp3) is 0.176. The number of carbonyl (C=O) groups is 1. The fourth-order valence-electron chi connectivity index (χ4n) is 3.64. The molecule has 0 aliphatic carbocycles. The van der Waals surface area contributed by atoms with Gasteiger partial charge in [-0.2, -0.15) is 5.26 Å². The molecule has 3 N–H and O–H groups in total. The molecule has 3 heterocycles. The van der Waals surface area contributed by atoms with Crippen molar-refractivity contribution in [2.45, 2.75) is 5.41 Å². The maximum atomic E-state index is 14.0. The molecule has 1 aromatic heterocycles. The molecular weight excluding hydrogens is 357 g/mol. The standard InChI is InChI=1S/C17H12FN5O4/c1-22-13(24)11-14(23(2)16(22)26)27-12(20)9(6-19)17(11)8-5-7(18)3-4-10(8)21-15(17)25/h3-5H,20H2,1-2H3,(H,21,25)/t17-/m1/s1. The number of anilines is 1. The molecule has 0 unspecified atom stereocenters. The van der Waals surface area contributed by atoms with Gasteiger partial charge in [-0.25, -0.2) is 9.18 Å². The number of nitrogens with zero attached hydrogens (tertiary/aromatic N) is 3. The van der Waals surface area contributed by atoms with Crippen LogP contribution in [0.3, 0.4) is 0 Å². The van der Waals surface area contributed by atoms with Crippen molar-refractivity contribution in [1.29, 1.82) is 5.26 Å². The lowest BCUT2D eigenvalue weighted by atomic mass is 9.69. The van der Waals surface area contributed by atoms with Crippen LogP contribution in [0.4, 0.5) is 10.1 Å². The molecule has 10 heteroatoms. The van der Waals surface area contributed by atoms with Gasteiger partial charge in [0.25, 0.3) is 5.56 Å². The summed E-state index contributed by atoms with van der Waals surface area (Å²) >= 11 is 0. The summed E-state index contributed by atoms with van der Waals surface area (Å²) in [4.78, 5) is 38.3. The molecule has 2 aromatic rings. The lowest BCUT2D eigenvalue weighted by Gasteiger charge is -2.33. The molecule has 0 bridgehead atoms. The molecule has 1 spiro atoms. The average molecular weight is 369 g/mol. The quantitative estimate of drug-likeness (QED) is 0.646. The first kappa shape index (κ1) is 16.6. The van der Waals surface area contributed by atoms with Gasteiger partial charge in [0.2, 0.25) is 17.7 Å². The third-order valence-electron chi connectivity index (χ3n) is 4.90. The van der Waals surface area contributed by atoms with Crippen LogP contribution in [0.2, 0.25) is 0 Å². The molecule has 1 aromatic carbocycles. The van der Waals surface area contributed by atoms with Crippen LogP contribution in [-0.2, 0) is 24.3 Å². The summed E-state index contributed by atoms with van der Waals surface area (Å²) in [6.07, 6.45) is 0. The predicted molar refractivity (Wildman–Crippen MR) is 90.2 cm³/mol. The highest BCUT2D eigenvalue weighted by molar-refractivity contribution is 6.12. The Morgan fingerprint density at radius 3 is 2.63 bits per heavy atom. The van der Waals surface area contributed by atoms with E-state index in [9.17, 15) is 24.0 Å². The predicted octanol–water partition coefficient (Wildman–Crippen LogP) is -0.452. The van der Waals surface area contributed by atoms with Crippen molar-refractivity contribution in [2.24, 2.45) is 19.8 Å². The minimum absolute atomic E-state index is 0.0484. The van der Waals surface area contributed by atoms with Gasteiger partial charge in [-0.1, -0.05) is 0 Å². The lowest BCUT2D eigenvalue weighted by Crippen LogP contribution is -2.51. The molecule has 1 amide bonds. The Balaban J connectivity index is 2.29. The van der Waals surface area contributed by atoms with E-state index in [1.165, 1.54) is 20.2 Å². The molecule has 136 valence electrons. The largest absolute Gasteiger partial charge is 0.423 e. The van der Waals surface area contributed by atoms with E-state index < -0.39 is 34.3 Å². The van der Waals surface area contributed by atoms with E-state index in [-0.39, 0.29) is 28.3 Å². The number of rotatable bonds is 0. The van der Waals surface area contributed by atoms with Crippen LogP contribution in [-0.4, -0.2) is 15.0 Å². The average Bonchev–Trinajstić information content (AvgIpc) is 2.90. The van der Waals surface area contributed by atoms with Crippen LogP contribution in [0.25, 0.3) is 0 Å². The highest BCUT2D eigenvalue weighted by Crippen LogP contribution is 2.51. The second kappa shape index (κ2) is 5.07. The second-order valence-electron chi connectivity index (χ2n) is 6.23. The summed E-state index contributed by atoms with van der Waals surface area (Å²) < 4.78 is 21.2. The first-order chi connectivity index (χ1) is 12.7. The maximum absolute atomic E-state index is 14.0. The van der Waals surface area contributed by atoms with Crippen molar-refractivity contribution >= 4 is 11.6 Å². The van der Waals surface area contributed by atoms with Gasteiger partial charge >= 0.3 is 5.69 Å². The van der Waals surface area contributed by atoms with E-state index in [0.717, 1.165) is 21.3 Å². The number of carbonyl (C=O) groups excluding carboxylic acids is 1. The zero-order valence-electron chi connectivity index (χ0n) is 14.2. The van der Waals surface area contributed by atoms with Gasteiger partial charge < -0.3 is 15.8 Å². The smallest absolute Gasteiger partial charge is 0.333 e. The Bertz CT molecular complexity index is 1250. The van der Waals surface area contributed by atoms with E-state index in [1.54, 1.807) is 0 Å². The van der Waals surface area contributed by atoms with Crippen LogP contribution >= 0.6 is 0 Å². The molecule has 2 aliphatic heterocycles. The first-order valence-electron chi connectivity index (χ1n) is 7.75. The molecule has 1 atom stereocenters. The number of halogens is 1. The third kappa shape index (κ3) is 1.77. The second-order valence-corrected chi connectivity index (χ2v) is 6.23. The molecule has 0 saturated carbocycles. The monoisotopic (exact) mass is 369 g/mol. The van der Waals surface area contributed by atoms with Crippen molar-refractivity contribution in [3.63, 3.8) is 0 Å². The van der Waals surface area contributed by atoms with Crippen LogP contribution in [0.1, 0.15) is 11.1 Å². The summed E-state index contributed by atoms with van der Waals surface area (Å²) in [5, 5.41) is 12.2. The number of hydrogen-bond donors (Lipinski definition) is 2. The number of nitrogens with two attached hydrogens (primary N) is 1. The van der Waals surface area contributed by atoms with Gasteiger partial charge in [-0.3, -0.25) is 18.7 Å². The van der Waals surface area contributed by atoms with E-state index in [2.05, 4.69) is 5.32 Å². The Kier molecular flexibility index (Phi) is 3.12. The number of hydrogen-bond acceptors (Lipinski definition) is 6. The van der Waals surface area contributed by atoms with E-state index in [1.807, 2.05) is 6.07 Å². The van der Waals surface area contributed by atoms with E-state index in [0.29, 0.717) is 0 Å². The number of nitrogens with one attached hydrogen (secondary N) is 1. The molecule has 0 saturated heterocycles. The number of benzene rings is 1. The third-order valence-corrected chi connectivity index (χ3v) is 4.90. The van der Waals surface area contributed by atoms with Gasteiger partial charge in [0.1, 0.15) is 23.0 Å².